The molecule has 3 rings (SSSR count). The van der Waals surface area contributed by atoms with Crippen molar-refractivity contribution in [2.75, 3.05) is 17.7 Å². The number of ether oxygens (including phenoxy) is 1. The minimum absolute atomic E-state index is 0.108. The smallest absolute Gasteiger partial charge is 0.250 e. The van der Waals surface area contributed by atoms with Gasteiger partial charge in [-0.1, -0.05) is 19.8 Å². The highest BCUT2D eigenvalue weighted by Crippen LogP contribution is 2.41. The van der Waals surface area contributed by atoms with Gasteiger partial charge in [-0.2, -0.15) is 0 Å². The molecule has 102 valence electrons. The van der Waals surface area contributed by atoms with E-state index in [-0.39, 0.29) is 5.91 Å². The summed E-state index contributed by atoms with van der Waals surface area (Å²) in [6, 6.07) is 5.70. The molecule has 1 saturated carbocycles. The van der Waals surface area contributed by atoms with Crippen LogP contribution in [0.25, 0.3) is 0 Å². The topological polar surface area (TPSA) is 50.4 Å². The molecule has 1 spiro atoms. The van der Waals surface area contributed by atoms with Crippen molar-refractivity contribution in [3.8, 4) is 5.75 Å². The van der Waals surface area contributed by atoms with E-state index in [0.29, 0.717) is 5.92 Å². The lowest BCUT2D eigenvalue weighted by Crippen LogP contribution is -2.54. The van der Waals surface area contributed by atoms with Gasteiger partial charge in [0.05, 0.1) is 18.5 Å². The van der Waals surface area contributed by atoms with Crippen LogP contribution in [0, 0.1) is 5.92 Å². The molecule has 0 saturated heterocycles. The van der Waals surface area contributed by atoms with Gasteiger partial charge in [0.2, 0.25) is 5.91 Å². The Hall–Kier alpha value is -1.71. The first-order chi connectivity index (χ1) is 9.13. The largest absolute Gasteiger partial charge is 0.497 e. The minimum atomic E-state index is -0.434. The van der Waals surface area contributed by atoms with Crippen LogP contribution >= 0.6 is 0 Å². The molecule has 2 aliphatic rings. The van der Waals surface area contributed by atoms with E-state index in [1.165, 1.54) is 6.42 Å². The van der Waals surface area contributed by atoms with Crippen molar-refractivity contribution in [3.63, 3.8) is 0 Å². The maximum absolute atomic E-state index is 12.4. The second-order valence-corrected chi connectivity index (χ2v) is 5.77. The molecular weight excluding hydrogens is 240 g/mol. The lowest BCUT2D eigenvalue weighted by molar-refractivity contribution is -0.122. The molecule has 0 aromatic heterocycles. The molecule has 2 N–H and O–H groups in total. The summed E-state index contributed by atoms with van der Waals surface area (Å²) in [5.41, 5.74) is 1.37. The van der Waals surface area contributed by atoms with Gasteiger partial charge in [-0.05, 0) is 30.9 Å². The van der Waals surface area contributed by atoms with Gasteiger partial charge >= 0.3 is 0 Å². The molecule has 19 heavy (non-hydrogen) atoms. The summed E-state index contributed by atoms with van der Waals surface area (Å²) in [5.74, 6) is 1.50. The SMILES string of the molecule is COc1ccc2c(c1)NC1(CCCC(C)C1)C(=O)N2. The van der Waals surface area contributed by atoms with Crippen LogP contribution in [0.4, 0.5) is 11.4 Å². The van der Waals surface area contributed by atoms with Crippen molar-refractivity contribution in [2.24, 2.45) is 5.92 Å². The lowest BCUT2D eigenvalue weighted by Gasteiger charge is -2.43. The van der Waals surface area contributed by atoms with Gasteiger partial charge < -0.3 is 15.4 Å². The minimum Gasteiger partial charge on any atom is -0.497 e. The van der Waals surface area contributed by atoms with E-state index in [1.807, 2.05) is 18.2 Å². The normalized spacial score (nSPS) is 29.4. The fourth-order valence-electron chi connectivity index (χ4n) is 3.29. The third-order valence-corrected chi connectivity index (χ3v) is 4.28. The van der Waals surface area contributed by atoms with Crippen LogP contribution in [0.3, 0.4) is 0 Å². The fraction of sp³-hybridized carbons (Fsp3) is 0.533. The van der Waals surface area contributed by atoms with Crippen LogP contribution in [0.1, 0.15) is 32.6 Å². The zero-order chi connectivity index (χ0) is 13.5. The summed E-state index contributed by atoms with van der Waals surface area (Å²) in [4.78, 5) is 12.4. The van der Waals surface area contributed by atoms with Crippen molar-refractivity contribution in [2.45, 2.75) is 38.1 Å². The van der Waals surface area contributed by atoms with E-state index in [9.17, 15) is 4.79 Å². The maximum Gasteiger partial charge on any atom is 0.250 e. The van der Waals surface area contributed by atoms with Crippen molar-refractivity contribution in [3.05, 3.63) is 18.2 Å². The molecule has 4 heteroatoms. The van der Waals surface area contributed by atoms with Crippen LogP contribution < -0.4 is 15.4 Å². The molecule has 1 heterocycles. The number of carbonyl (C=O) groups is 1. The number of carbonyl (C=O) groups excluding carboxylic acids is 1. The van der Waals surface area contributed by atoms with Gasteiger partial charge in [0.25, 0.3) is 0 Å². The predicted molar refractivity (Wildman–Crippen MR) is 75.6 cm³/mol. The first kappa shape index (κ1) is 12.3. The third kappa shape index (κ3) is 2.05. The number of anilines is 2. The summed E-state index contributed by atoms with van der Waals surface area (Å²) >= 11 is 0. The zero-order valence-electron chi connectivity index (χ0n) is 11.5. The zero-order valence-corrected chi connectivity index (χ0v) is 11.5. The molecular formula is C15H20N2O2. The van der Waals surface area contributed by atoms with Crippen LogP contribution in [-0.4, -0.2) is 18.6 Å². The Balaban J connectivity index is 1.95. The highest BCUT2D eigenvalue weighted by molar-refractivity contribution is 6.06. The van der Waals surface area contributed by atoms with Gasteiger partial charge in [0, 0.05) is 6.07 Å². The van der Waals surface area contributed by atoms with Crippen LogP contribution in [0.15, 0.2) is 18.2 Å². The number of methoxy groups -OCH3 is 1. The van der Waals surface area contributed by atoms with Crippen LogP contribution in [0.2, 0.25) is 0 Å². The van der Waals surface area contributed by atoms with E-state index in [0.717, 1.165) is 36.4 Å². The molecule has 1 aliphatic carbocycles. The Morgan fingerprint density at radius 2 is 2.21 bits per heavy atom. The summed E-state index contributed by atoms with van der Waals surface area (Å²) < 4.78 is 5.25. The van der Waals surface area contributed by atoms with E-state index in [2.05, 4.69) is 17.6 Å². The van der Waals surface area contributed by atoms with Gasteiger partial charge in [-0.25, -0.2) is 0 Å². The van der Waals surface area contributed by atoms with Crippen LogP contribution in [-0.2, 0) is 4.79 Å². The van der Waals surface area contributed by atoms with E-state index in [1.54, 1.807) is 7.11 Å². The van der Waals surface area contributed by atoms with Gasteiger partial charge in [0.1, 0.15) is 11.3 Å². The number of fused-ring (bicyclic) bond motifs is 1. The predicted octanol–water partition coefficient (Wildman–Crippen LogP) is 3.01. The summed E-state index contributed by atoms with van der Waals surface area (Å²) in [7, 11) is 1.65. The van der Waals surface area contributed by atoms with Crippen LogP contribution in [0.5, 0.6) is 5.75 Å². The molecule has 1 amide bonds. The second kappa shape index (κ2) is 4.44. The highest BCUT2D eigenvalue weighted by Gasteiger charge is 2.44. The quantitative estimate of drug-likeness (QED) is 0.816. The Morgan fingerprint density at radius 3 is 2.95 bits per heavy atom. The molecule has 1 aromatic carbocycles. The van der Waals surface area contributed by atoms with E-state index < -0.39 is 5.54 Å². The lowest BCUT2D eigenvalue weighted by atomic mass is 9.74. The monoisotopic (exact) mass is 260 g/mol. The van der Waals surface area contributed by atoms with Gasteiger partial charge in [0.15, 0.2) is 0 Å². The second-order valence-electron chi connectivity index (χ2n) is 5.77. The van der Waals surface area contributed by atoms with Crippen molar-refractivity contribution in [1.29, 1.82) is 0 Å². The fourth-order valence-corrected chi connectivity index (χ4v) is 3.29. The number of nitrogens with one attached hydrogen (secondary N) is 2. The van der Waals surface area contributed by atoms with Crippen molar-refractivity contribution >= 4 is 17.3 Å². The molecule has 0 radical (unpaired) electrons. The Bertz CT molecular complexity index is 515. The summed E-state index contributed by atoms with van der Waals surface area (Å²) in [6.45, 7) is 2.22. The average Bonchev–Trinajstić information content (AvgIpc) is 2.39. The Kier molecular flexibility index (Phi) is 2.88. The number of hydrogen-bond donors (Lipinski definition) is 2. The molecule has 4 nitrogen and oxygen atoms in total. The van der Waals surface area contributed by atoms with E-state index >= 15 is 0 Å². The number of rotatable bonds is 1. The first-order valence-electron chi connectivity index (χ1n) is 6.91. The highest BCUT2D eigenvalue weighted by atomic mass is 16.5. The van der Waals surface area contributed by atoms with Gasteiger partial charge in [-0.15, -0.1) is 0 Å². The van der Waals surface area contributed by atoms with Gasteiger partial charge in [-0.3, -0.25) is 4.79 Å². The molecule has 2 atom stereocenters. The number of benzene rings is 1. The van der Waals surface area contributed by atoms with E-state index in [4.69, 9.17) is 4.74 Å². The number of hydrogen-bond acceptors (Lipinski definition) is 3. The standard InChI is InChI=1S/C15H20N2O2/c1-10-4-3-7-15(9-10)14(18)16-12-6-5-11(19-2)8-13(12)17-15/h5-6,8,10,17H,3-4,7,9H2,1-2H3,(H,16,18). The molecule has 0 bridgehead atoms. The molecule has 2 unspecified atom stereocenters. The van der Waals surface area contributed by atoms with Crippen molar-refractivity contribution in [1.82, 2.24) is 0 Å². The Morgan fingerprint density at radius 1 is 1.37 bits per heavy atom. The first-order valence-corrected chi connectivity index (χ1v) is 6.91. The summed E-state index contributed by atoms with van der Waals surface area (Å²) in [5, 5.41) is 6.51. The molecule has 1 fully saturated rings. The average molecular weight is 260 g/mol. The molecule has 1 aromatic rings. The van der Waals surface area contributed by atoms with Crippen molar-refractivity contribution < 1.29 is 9.53 Å². The number of amides is 1. The summed E-state index contributed by atoms with van der Waals surface area (Å²) in [6.07, 6.45) is 4.11. The maximum atomic E-state index is 12.4. The molecule has 1 aliphatic heterocycles. The Labute approximate surface area is 113 Å². The third-order valence-electron chi connectivity index (χ3n) is 4.28.